The lowest BCUT2D eigenvalue weighted by Gasteiger charge is -2.18. The minimum atomic E-state index is -3.69. The molecular formula is C14H18N2O4S. The molecule has 114 valence electrons. The van der Waals surface area contributed by atoms with Crippen molar-refractivity contribution in [3.63, 3.8) is 0 Å². The summed E-state index contributed by atoms with van der Waals surface area (Å²) in [5.41, 5.74) is 6.09. The lowest BCUT2D eigenvalue weighted by Crippen LogP contribution is -2.26. The van der Waals surface area contributed by atoms with Gasteiger partial charge in [-0.15, -0.1) is 0 Å². The Kier molecular flexibility index (Phi) is 4.24. The van der Waals surface area contributed by atoms with E-state index >= 15 is 0 Å². The van der Waals surface area contributed by atoms with Crippen LogP contribution in [0.4, 0.5) is 5.69 Å². The van der Waals surface area contributed by atoms with Crippen LogP contribution in [0.1, 0.15) is 11.5 Å². The molecule has 0 aliphatic carbocycles. The zero-order chi connectivity index (χ0) is 15.6. The Morgan fingerprint density at radius 1 is 1.29 bits per heavy atom. The summed E-state index contributed by atoms with van der Waals surface area (Å²) in [7, 11) is -0.799. The summed E-state index contributed by atoms with van der Waals surface area (Å²) in [6.07, 6.45) is 0. The summed E-state index contributed by atoms with van der Waals surface area (Å²) in [6, 6.07) is 7.99. The second kappa shape index (κ2) is 5.79. The van der Waals surface area contributed by atoms with Crippen molar-refractivity contribution in [3.8, 4) is 5.75 Å². The van der Waals surface area contributed by atoms with E-state index in [0.29, 0.717) is 11.4 Å². The molecule has 0 unspecified atom stereocenters. The number of nitrogens with two attached hydrogens (primary N) is 1. The SMILES string of the molecule is COc1cc(N)ccc1S(=O)(=O)N(C)Cc1ccc(C)o1. The fourth-order valence-corrected chi connectivity index (χ4v) is 3.21. The van der Waals surface area contributed by atoms with Crippen LogP contribution in [0.25, 0.3) is 0 Å². The molecule has 2 rings (SSSR count). The highest BCUT2D eigenvalue weighted by molar-refractivity contribution is 7.89. The molecule has 0 radical (unpaired) electrons. The van der Waals surface area contributed by atoms with Gasteiger partial charge in [-0.1, -0.05) is 0 Å². The molecule has 0 saturated heterocycles. The van der Waals surface area contributed by atoms with Gasteiger partial charge in [0.05, 0.1) is 13.7 Å². The summed E-state index contributed by atoms with van der Waals surface area (Å²) in [5, 5.41) is 0. The number of nitrogens with zero attached hydrogens (tertiary/aromatic N) is 1. The average molecular weight is 310 g/mol. The van der Waals surface area contributed by atoms with Crippen molar-refractivity contribution in [1.29, 1.82) is 0 Å². The molecule has 0 bridgehead atoms. The molecule has 0 saturated carbocycles. The highest BCUT2D eigenvalue weighted by Crippen LogP contribution is 2.28. The molecule has 1 aromatic heterocycles. The van der Waals surface area contributed by atoms with Crippen LogP contribution in [0, 0.1) is 6.92 Å². The summed E-state index contributed by atoms with van der Waals surface area (Å²) in [4.78, 5) is 0.0741. The van der Waals surface area contributed by atoms with E-state index in [1.54, 1.807) is 19.1 Å². The summed E-state index contributed by atoms with van der Waals surface area (Å²) in [6.45, 7) is 1.95. The zero-order valence-electron chi connectivity index (χ0n) is 12.2. The first kappa shape index (κ1) is 15.4. The first-order chi connectivity index (χ1) is 9.84. The zero-order valence-corrected chi connectivity index (χ0v) is 13.0. The summed E-state index contributed by atoms with van der Waals surface area (Å²) >= 11 is 0. The van der Waals surface area contributed by atoms with E-state index in [1.165, 1.54) is 36.7 Å². The van der Waals surface area contributed by atoms with Gasteiger partial charge in [0.1, 0.15) is 22.2 Å². The first-order valence-corrected chi connectivity index (χ1v) is 7.74. The van der Waals surface area contributed by atoms with Crippen molar-refractivity contribution in [2.24, 2.45) is 0 Å². The number of hydrogen-bond acceptors (Lipinski definition) is 5. The van der Waals surface area contributed by atoms with Crippen molar-refractivity contribution in [2.75, 3.05) is 19.9 Å². The lowest BCUT2D eigenvalue weighted by molar-refractivity contribution is 0.385. The van der Waals surface area contributed by atoms with Gasteiger partial charge in [-0.05, 0) is 31.2 Å². The fourth-order valence-electron chi connectivity index (χ4n) is 1.94. The van der Waals surface area contributed by atoms with Gasteiger partial charge in [0.2, 0.25) is 10.0 Å². The highest BCUT2D eigenvalue weighted by Gasteiger charge is 2.25. The molecule has 1 aromatic carbocycles. The minimum Gasteiger partial charge on any atom is -0.495 e. The molecule has 2 N–H and O–H groups in total. The van der Waals surface area contributed by atoms with Gasteiger partial charge in [-0.2, -0.15) is 4.31 Å². The molecule has 0 spiro atoms. The highest BCUT2D eigenvalue weighted by atomic mass is 32.2. The molecule has 6 nitrogen and oxygen atoms in total. The smallest absolute Gasteiger partial charge is 0.246 e. The van der Waals surface area contributed by atoms with Crippen LogP contribution in [0.2, 0.25) is 0 Å². The number of nitrogen functional groups attached to an aromatic ring is 1. The van der Waals surface area contributed by atoms with Crippen LogP contribution >= 0.6 is 0 Å². The second-order valence-electron chi connectivity index (χ2n) is 4.68. The van der Waals surface area contributed by atoms with Crippen molar-refractivity contribution in [2.45, 2.75) is 18.4 Å². The number of rotatable bonds is 5. The summed E-state index contributed by atoms with van der Waals surface area (Å²) in [5.74, 6) is 1.53. The van der Waals surface area contributed by atoms with Crippen LogP contribution in [-0.4, -0.2) is 26.9 Å². The van der Waals surface area contributed by atoms with E-state index in [0.717, 1.165) is 5.76 Å². The Morgan fingerprint density at radius 2 is 2.00 bits per heavy atom. The Bertz CT molecular complexity index is 737. The van der Waals surface area contributed by atoms with Crippen LogP contribution in [0.3, 0.4) is 0 Å². The normalized spacial score (nSPS) is 11.8. The third-order valence-corrected chi connectivity index (χ3v) is 4.89. The molecular weight excluding hydrogens is 292 g/mol. The number of sulfonamides is 1. The molecule has 2 aromatic rings. The van der Waals surface area contributed by atoms with Crippen molar-refractivity contribution < 1.29 is 17.6 Å². The molecule has 0 aliphatic rings. The molecule has 1 heterocycles. The molecule has 21 heavy (non-hydrogen) atoms. The molecule has 0 fully saturated rings. The van der Waals surface area contributed by atoms with Gasteiger partial charge in [0.15, 0.2) is 0 Å². The van der Waals surface area contributed by atoms with Crippen LogP contribution < -0.4 is 10.5 Å². The van der Waals surface area contributed by atoms with Gasteiger partial charge in [0.25, 0.3) is 0 Å². The van der Waals surface area contributed by atoms with E-state index in [1.807, 2.05) is 0 Å². The predicted molar refractivity (Wildman–Crippen MR) is 79.5 cm³/mol. The third kappa shape index (κ3) is 3.20. The Balaban J connectivity index is 2.33. The van der Waals surface area contributed by atoms with Crippen LogP contribution in [-0.2, 0) is 16.6 Å². The predicted octanol–water partition coefficient (Wildman–Crippen LogP) is 2.00. The topological polar surface area (TPSA) is 85.8 Å². The number of aryl methyl sites for hydroxylation is 1. The second-order valence-corrected chi connectivity index (χ2v) is 6.70. The van der Waals surface area contributed by atoms with E-state index < -0.39 is 10.0 Å². The Hall–Kier alpha value is -1.99. The van der Waals surface area contributed by atoms with Crippen LogP contribution in [0.15, 0.2) is 39.6 Å². The van der Waals surface area contributed by atoms with Gasteiger partial charge in [-0.25, -0.2) is 8.42 Å². The van der Waals surface area contributed by atoms with Gasteiger partial charge in [-0.3, -0.25) is 0 Å². The largest absolute Gasteiger partial charge is 0.495 e. The first-order valence-electron chi connectivity index (χ1n) is 6.30. The van der Waals surface area contributed by atoms with E-state index in [2.05, 4.69) is 0 Å². The standard InChI is InChI=1S/C14H18N2O4S/c1-10-4-6-12(20-10)9-16(2)21(17,18)14-7-5-11(15)8-13(14)19-3/h4-8H,9,15H2,1-3H3. The van der Waals surface area contributed by atoms with Gasteiger partial charge >= 0.3 is 0 Å². The minimum absolute atomic E-state index is 0.0741. The quantitative estimate of drug-likeness (QED) is 0.854. The van der Waals surface area contributed by atoms with Crippen molar-refractivity contribution in [3.05, 3.63) is 41.9 Å². The summed E-state index contributed by atoms with van der Waals surface area (Å²) < 4.78 is 36.9. The average Bonchev–Trinajstić information content (AvgIpc) is 2.83. The number of furan rings is 1. The van der Waals surface area contributed by atoms with E-state index in [-0.39, 0.29) is 17.2 Å². The number of hydrogen-bond donors (Lipinski definition) is 1. The number of ether oxygens (including phenoxy) is 1. The lowest BCUT2D eigenvalue weighted by atomic mass is 10.3. The van der Waals surface area contributed by atoms with Gasteiger partial charge in [0, 0.05) is 18.8 Å². The van der Waals surface area contributed by atoms with Gasteiger partial charge < -0.3 is 14.9 Å². The Morgan fingerprint density at radius 3 is 2.57 bits per heavy atom. The van der Waals surface area contributed by atoms with Crippen molar-refractivity contribution >= 4 is 15.7 Å². The monoisotopic (exact) mass is 310 g/mol. The maximum absolute atomic E-state index is 12.6. The number of methoxy groups -OCH3 is 1. The van der Waals surface area contributed by atoms with Crippen molar-refractivity contribution in [1.82, 2.24) is 4.31 Å². The maximum Gasteiger partial charge on any atom is 0.246 e. The number of anilines is 1. The molecule has 0 amide bonds. The third-order valence-electron chi connectivity index (χ3n) is 3.05. The fraction of sp³-hybridized carbons (Fsp3) is 0.286. The van der Waals surface area contributed by atoms with E-state index in [9.17, 15) is 8.42 Å². The number of benzene rings is 1. The molecule has 7 heteroatoms. The van der Waals surface area contributed by atoms with Crippen LogP contribution in [0.5, 0.6) is 5.75 Å². The maximum atomic E-state index is 12.6. The molecule has 0 aliphatic heterocycles. The van der Waals surface area contributed by atoms with E-state index in [4.69, 9.17) is 14.9 Å². The Labute approximate surface area is 124 Å². The molecule has 0 atom stereocenters.